The Morgan fingerprint density at radius 2 is 1.80 bits per heavy atom. The summed E-state index contributed by atoms with van der Waals surface area (Å²) in [6, 6.07) is 6.90. The van der Waals surface area contributed by atoms with Gasteiger partial charge in [0.2, 0.25) is 0 Å². The van der Waals surface area contributed by atoms with Crippen molar-refractivity contribution < 1.29 is 9.59 Å². The smallest absolute Gasteiger partial charge is 0.319 e. The molecule has 1 saturated heterocycles. The van der Waals surface area contributed by atoms with Gasteiger partial charge in [0, 0.05) is 19.1 Å². The van der Waals surface area contributed by atoms with Crippen molar-refractivity contribution in [3.8, 4) is 0 Å². The van der Waals surface area contributed by atoms with Crippen molar-refractivity contribution in [1.82, 2.24) is 10.2 Å². The van der Waals surface area contributed by atoms with E-state index >= 15 is 0 Å². The lowest BCUT2D eigenvalue weighted by atomic mass is 10.1. The molecule has 1 aromatic carbocycles. The fourth-order valence-electron chi connectivity index (χ4n) is 2.29. The van der Waals surface area contributed by atoms with Crippen LogP contribution in [0.1, 0.15) is 37.0 Å². The molecular weight excluding hydrogens is 254 g/mol. The first-order chi connectivity index (χ1) is 9.58. The Kier molecular flexibility index (Phi) is 4.61. The Hall–Kier alpha value is -2.04. The molecule has 0 spiro atoms. The second-order valence-corrected chi connectivity index (χ2v) is 5.30. The van der Waals surface area contributed by atoms with E-state index in [1.165, 1.54) is 0 Å². The van der Waals surface area contributed by atoms with E-state index in [4.69, 9.17) is 0 Å². The molecule has 1 aliphatic rings. The van der Waals surface area contributed by atoms with Gasteiger partial charge >= 0.3 is 6.03 Å². The molecule has 5 heteroatoms. The van der Waals surface area contributed by atoms with E-state index < -0.39 is 0 Å². The summed E-state index contributed by atoms with van der Waals surface area (Å²) in [5, 5.41) is 5.50. The van der Waals surface area contributed by atoms with Crippen molar-refractivity contribution in [3.05, 3.63) is 29.8 Å². The van der Waals surface area contributed by atoms with Crippen LogP contribution in [0.2, 0.25) is 0 Å². The number of benzene rings is 1. The highest BCUT2D eigenvalue weighted by atomic mass is 16.2. The van der Waals surface area contributed by atoms with Crippen LogP contribution in [0.25, 0.3) is 0 Å². The Bertz CT molecular complexity index is 494. The van der Waals surface area contributed by atoms with E-state index in [-0.39, 0.29) is 18.0 Å². The van der Waals surface area contributed by atoms with Crippen molar-refractivity contribution in [3.63, 3.8) is 0 Å². The summed E-state index contributed by atoms with van der Waals surface area (Å²) in [6.45, 7) is 5.37. The highest BCUT2D eigenvalue weighted by Crippen LogP contribution is 2.20. The zero-order valence-corrected chi connectivity index (χ0v) is 12.0. The van der Waals surface area contributed by atoms with Crippen LogP contribution >= 0.6 is 0 Å². The fraction of sp³-hybridized carbons (Fsp3) is 0.467. The molecule has 20 heavy (non-hydrogen) atoms. The summed E-state index contributed by atoms with van der Waals surface area (Å²) in [5.74, 6) is -0.0112. The minimum absolute atomic E-state index is 0.0112. The number of urea groups is 1. The van der Waals surface area contributed by atoms with Crippen LogP contribution in [-0.4, -0.2) is 36.0 Å². The highest BCUT2D eigenvalue weighted by Gasteiger charge is 2.22. The fourth-order valence-corrected chi connectivity index (χ4v) is 2.29. The largest absolute Gasteiger partial charge is 0.339 e. The number of nitrogens with one attached hydrogen (secondary N) is 2. The van der Waals surface area contributed by atoms with Crippen LogP contribution in [-0.2, 0) is 0 Å². The molecule has 1 fully saturated rings. The van der Waals surface area contributed by atoms with Gasteiger partial charge < -0.3 is 15.5 Å². The zero-order chi connectivity index (χ0) is 14.5. The molecule has 3 amide bonds. The van der Waals surface area contributed by atoms with Gasteiger partial charge in [0.25, 0.3) is 5.91 Å². The van der Waals surface area contributed by atoms with Crippen LogP contribution in [0.3, 0.4) is 0 Å². The Balaban J connectivity index is 2.13. The van der Waals surface area contributed by atoms with Crippen LogP contribution in [0.4, 0.5) is 10.5 Å². The molecule has 0 aliphatic carbocycles. The van der Waals surface area contributed by atoms with Crippen LogP contribution < -0.4 is 10.6 Å². The molecule has 1 aliphatic heterocycles. The molecule has 0 aromatic heterocycles. The van der Waals surface area contributed by atoms with Crippen molar-refractivity contribution in [2.24, 2.45) is 0 Å². The van der Waals surface area contributed by atoms with Crippen LogP contribution in [0, 0.1) is 0 Å². The number of rotatable bonds is 3. The highest BCUT2D eigenvalue weighted by molar-refractivity contribution is 6.03. The molecule has 1 aromatic rings. The first kappa shape index (κ1) is 14.4. The predicted molar refractivity (Wildman–Crippen MR) is 78.9 cm³/mol. The molecule has 2 N–H and O–H groups in total. The molecule has 0 unspecified atom stereocenters. The lowest BCUT2D eigenvalue weighted by Crippen LogP contribution is -2.35. The first-order valence-electron chi connectivity index (χ1n) is 7.04. The number of likely N-dealkylation sites (tertiary alicyclic amines) is 1. The molecule has 108 valence electrons. The Labute approximate surface area is 119 Å². The van der Waals surface area contributed by atoms with Gasteiger partial charge in [-0.2, -0.15) is 0 Å². The second-order valence-electron chi connectivity index (χ2n) is 5.30. The number of anilines is 1. The van der Waals surface area contributed by atoms with Crippen molar-refractivity contribution >= 4 is 17.6 Å². The molecule has 0 atom stereocenters. The zero-order valence-electron chi connectivity index (χ0n) is 12.0. The SMILES string of the molecule is CC(C)NC(=O)Nc1ccccc1C(=O)N1CCCC1. The Morgan fingerprint density at radius 1 is 1.15 bits per heavy atom. The minimum Gasteiger partial charge on any atom is -0.339 e. The first-order valence-corrected chi connectivity index (χ1v) is 7.04. The number of carbonyl (C=O) groups excluding carboxylic acids is 2. The normalized spacial score (nSPS) is 14.4. The molecule has 0 bridgehead atoms. The van der Waals surface area contributed by atoms with E-state index in [2.05, 4.69) is 10.6 Å². The monoisotopic (exact) mass is 275 g/mol. The third kappa shape index (κ3) is 3.50. The van der Waals surface area contributed by atoms with E-state index in [0.29, 0.717) is 11.3 Å². The summed E-state index contributed by atoms with van der Waals surface area (Å²) >= 11 is 0. The third-order valence-corrected chi connectivity index (χ3v) is 3.22. The van der Waals surface area contributed by atoms with Gasteiger partial charge in [0.1, 0.15) is 0 Å². The van der Waals surface area contributed by atoms with Crippen molar-refractivity contribution in [2.45, 2.75) is 32.7 Å². The number of carbonyl (C=O) groups is 2. The maximum Gasteiger partial charge on any atom is 0.319 e. The van der Waals surface area contributed by atoms with Gasteiger partial charge in [-0.3, -0.25) is 4.79 Å². The molecule has 1 heterocycles. The Morgan fingerprint density at radius 3 is 2.45 bits per heavy atom. The van der Waals surface area contributed by atoms with E-state index in [0.717, 1.165) is 25.9 Å². The third-order valence-electron chi connectivity index (χ3n) is 3.22. The molecule has 0 saturated carbocycles. The summed E-state index contributed by atoms with van der Waals surface area (Å²) in [4.78, 5) is 26.0. The summed E-state index contributed by atoms with van der Waals surface area (Å²) in [7, 11) is 0. The van der Waals surface area contributed by atoms with Gasteiger partial charge in [0.15, 0.2) is 0 Å². The quantitative estimate of drug-likeness (QED) is 0.890. The van der Waals surface area contributed by atoms with Crippen LogP contribution in [0.15, 0.2) is 24.3 Å². The molecule has 2 rings (SSSR count). The average Bonchev–Trinajstić information content (AvgIpc) is 2.91. The van der Waals surface area contributed by atoms with Gasteiger partial charge in [-0.25, -0.2) is 4.79 Å². The van der Waals surface area contributed by atoms with Crippen molar-refractivity contribution in [1.29, 1.82) is 0 Å². The van der Waals surface area contributed by atoms with Crippen LogP contribution in [0.5, 0.6) is 0 Å². The van der Waals surface area contributed by atoms with Gasteiger partial charge in [0.05, 0.1) is 11.3 Å². The lowest BCUT2D eigenvalue weighted by Gasteiger charge is -2.18. The maximum absolute atomic E-state index is 12.4. The number of nitrogens with zero attached hydrogens (tertiary/aromatic N) is 1. The summed E-state index contributed by atoms with van der Waals surface area (Å²) < 4.78 is 0. The average molecular weight is 275 g/mol. The lowest BCUT2D eigenvalue weighted by molar-refractivity contribution is 0.0794. The summed E-state index contributed by atoms with van der Waals surface area (Å²) in [6.07, 6.45) is 2.10. The maximum atomic E-state index is 12.4. The number of amides is 3. The topological polar surface area (TPSA) is 61.4 Å². The molecular formula is C15H21N3O2. The summed E-state index contributed by atoms with van der Waals surface area (Å²) in [5.41, 5.74) is 1.11. The predicted octanol–water partition coefficient (Wildman–Crippen LogP) is 2.45. The van der Waals surface area contributed by atoms with Gasteiger partial charge in [-0.15, -0.1) is 0 Å². The number of hydrogen-bond donors (Lipinski definition) is 2. The number of hydrogen-bond acceptors (Lipinski definition) is 2. The minimum atomic E-state index is -0.290. The molecule has 5 nitrogen and oxygen atoms in total. The second kappa shape index (κ2) is 6.41. The van der Waals surface area contributed by atoms with E-state index in [1.54, 1.807) is 12.1 Å². The standard InChI is InChI=1S/C15H21N3O2/c1-11(2)16-15(20)17-13-8-4-3-7-12(13)14(19)18-9-5-6-10-18/h3-4,7-8,11H,5-6,9-10H2,1-2H3,(H2,16,17,20). The van der Waals surface area contributed by atoms with E-state index in [9.17, 15) is 9.59 Å². The van der Waals surface area contributed by atoms with Gasteiger partial charge in [-0.05, 0) is 38.8 Å². The van der Waals surface area contributed by atoms with Crippen molar-refractivity contribution in [2.75, 3.05) is 18.4 Å². The van der Waals surface area contributed by atoms with Gasteiger partial charge in [-0.1, -0.05) is 12.1 Å². The number of para-hydroxylation sites is 1. The molecule has 0 radical (unpaired) electrons. The van der Waals surface area contributed by atoms with E-state index in [1.807, 2.05) is 30.9 Å².